The third-order valence-electron chi connectivity index (χ3n) is 6.51. The molecule has 0 heterocycles. The number of hydrogen-bond donors (Lipinski definition) is 4. The first-order chi connectivity index (χ1) is 16.2. The maximum atomic E-state index is 12.2. The molecule has 4 N–H and O–H groups in total. The van der Waals surface area contributed by atoms with Crippen LogP contribution in [0.4, 0.5) is 11.4 Å². The van der Waals surface area contributed by atoms with Gasteiger partial charge in [0.05, 0.1) is 6.54 Å². The second kappa shape index (κ2) is 11.7. The molecule has 0 atom stereocenters. The Kier molecular flexibility index (Phi) is 8.68. The van der Waals surface area contributed by atoms with Crippen LogP contribution in [-0.4, -0.2) is 35.0 Å². The summed E-state index contributed by atoms with van der Waals surface area (Å²) in [6, 6.07) is 17.7. The molecule has 0 aliphatic heterocycles. The molecule has 2 aromatic rings. The molecule has 1 fully saturated rings. The van der Waals surface area contributed by atoms with Crippen LogP contribution in [0.5, 0.6) is 0 Å². The monoisotopic (exact) mass is 465 g/mol. The predicted octanol–water partition coefficient (Wildman–Crippen LogP) is 4.77. The van der Waals surface area contributed by atoms with E-state index in [-0.39, 0.29) is 18.4 Å². The molecular weight excluding hydrogens is 430 g/mol. The van der Waals surface area contributed by atoms with Crippen molar-refractivity contribution in [1.82, 2.24) is 5.32 Å². The van der Waals surface area contributed by atoms with E-state index < -0.39 is 11.5 Å². The van der Waals surface area contributed by atoms with E-state index in [1.807, 2.05) is 42.5 Å². The normalized spacial score (nSPS) is 18.1. The molecule has 1 saturated carbocycles. The molecule has 7 nitrogen and oxygen atoms in total. The zero-order valence-corrected chi connectivity index (χ0v) is 20.0. The number of benzene rings is 2. The SMILES string of the molecule is CC(C)(NC(=O)CCC1CCC(c2ccc(NC(=O)CNc3ccccc3)cc2)CC1)C(=O)O. The van der Waals surface area contributed by atoms with Gasteiger partial charge in [-0.15, -0.1) is 0 Å². The molecule has 182 valence electrons. The van der Waals surface area contributed by atoms with Crippen molar-refractivity contribution in [3.05, 3.63) is 60.2 Å². The zero-order valence-electron chi connectivity index (χ0n) is 20.0. The molecule has 0 spiro atoms. The molecule has 1 aliphatic carbocycles. The van der Waals surface area contributed by atoms with Crippen molar-refractivity contribution >= 4 is 29.2 Å². The molecule has 3 rings (SSSR count). The van der Waals surface area contributed by atoms with Gasteiger partial charge < -0.3 is 21.1 Å². The van der Waals surface area contributed by atoms with Crippen molar-refractivity contribution in [1.29, 1.82) is 0 Å². The van der Waals surface area contributed by atoms with Crippen molar-refractivity contribution < 1.29 is 19.5 Å². The summed E-state index contributed by atoms with van der Waals surface area (Å²) < 4.78 is 0. The van der Waals surface area contributed by atoms with Crippen LogP contribution in [0.25, 0.3) is 0 Å². The standard InChI is InChI=1S/C27H35N3O4/c1-27(2,26(33)34)30-24(31)17-10-19-8-11-20(12-9-19)21-13-15-23(16-14-21)29-25(32)18-28-22-6-4-3-5-7-22/h3-7,13-16,19-20,28H,8-12,17-18H2,1-2H3,(H,29,32)(H,30,31)(H,33,34). The summed E-state index contributed by atoms with van der Waals surface area (Å²) in [6.45, 7) is 3.20. The van der Waals surface area contributed by atoms with Crippen LogP contribution in [0, 0.1) is 5.92 Å². The number of rotatable bonds is 10. The van der Waals surface area contributed by atoms with E-state index in [1.54, 1.807) is 0 Å². The number of carboxylic acid groups (broad SMARTS) is 1. The van der Waals surface area contributed by atoms with Gasteiger partial charge in [-0.2, -0.15) is 0 Å². The van der Waals surface area contributed by atoms with E-state index in [4.69, 9.17) is 5.11 Å². The van der Waals surface area contributed by atoms with Gasteiger partial charge in [0.1, 0.15) is 5.54 Å². The van der Waals surface area contributed by atoms with E-state index in [1.165, 1.54) is 19.4 Å². The zero-order chi connectivity index (χ0) is 24.6. The predicted molar refractivity (Wildman–Crippen MR) is 134 cm³/mol. The number of carboxylic acids is 1. The van der Waals surface area contributed by atoms with Gasteiger partial charge in [-0.05, 0) is 87.6 Å². The summed E-state index contributed by atoms with van der Waals surface area (Å²) in [5.74, 6) is -0.346. The quantitative estimate of drug-likeness (QED) is 0.404. The average Bonchev–Trinajstić information content (AvgIpc) is 2.83. The molecule has 7 heteroatoms. The molecule has 34 heavy (non-hydrogen) atoms. The van der Waals surface area contributed by atoms with Crippen LogP contribution in [0.3, 0.4) is 0 Å². The number of nitrogens with one attached hydrogen (secondary N) is 3. The Morgan fingerprint density at radius 1 is 0.882 bits per heavy atom. The first kappa shape index (κ1) is 25.3. The highest BCUT2D eigenvalue weighted by atomic mass is 16.4. The van der Waals surface area contributed by atoms with Gasteiger partial charge in [-0.1, -0.05) is 30.3 Å². The van der Waals surface area contributed by atoms with Crippen LogP contribution in [0.2, 0.25) is 0 Å². The number of aliphatic carboxylic acids is 1. The first-order valence-electron chi connectivity index (χ1n) is 12.0. The van der Waals surface area contributed by atoms with Crippen molar-refractivity contribution in [2.75, 3.05) is 17.2 Å². The van der Waals surface area contributed by atoms with E-state index in [0.29, 0.717) is 18.3 Å². The largest absolute Gasteiger partial charge is 0.480 e. The van der Waals surface area contributed by atoms with Crippen molar-refractivity contribution in [3.63, 3.8) is 0 Å². The highest BCUT2D eigenvalue weighted by Crippen LogP contribution is 2.37. The van der Waals surface area contributed by atoms with Gasteiger partial charge in [-0.25, -0.2) is 4.79 Å². The minimum absolute atomic E-state index is 0.0899. The fraction of sp³-hybridized carbons (Fsp3) is 0.444. The number of amides is 2. The number of carbonyl (C=O) groups excluding carboxylic acids is 2. The maximum absolute atomic E-state index is 12.2. The van der Waals surface area contributed by atoms with Crippen LogP contribution >= 0.6 is 0 Å². The molecule has 1 aliphatic rings. The molecule has 0 bridgehead atoms. The summed E-state index contributed by atoms with van der Waals surface area (Å²) in [4.78, 5) is 35.5. The lowest BCUT2D eigenvalue weighted by Gasteiger charge is -2.29. The fourth-order valence-corrected chi connectivity index (χ4v) is 4.37. The Morgan fingerprint density at radius 3 is 2.15 bits per heavy atom. The minimum Gasteiger partial charge on any atom is -0.480 e. The van der Waals surface area contributed by atoms with Crippen LogP contribution in [-0.2, 0) is 14.4 Å². The highest BCUT2D eigenvalue weighted by molar-refractivity contribution is 5.93. The molecule has 2 aromatic carbocycles. The summed E-state index contributed by atoms with van der Waals surface area (Å²) in [5, 5.41) is 17.8. The Morgan fingerprint density at radius 2 is 1.53 bits per heavy atom. The number of carbonyl (C=O) groups is 3. The summed E-state index contributed by atoms with van der Waals surface area (Å²) in [5.41, 5.74) is 1.74. The number of anilines is 2. The Bertz CT molecular complexity index is 965. The Labute approximate surface area is 201 Å². The second-order valence-corrected chi connectivity index (χ2v) is 9.62. The average molecular weight is 466 g/mol. The molecule has 0 unspecified atom stereocenters. The van der Waals surface area contributed by atoms with Crippen LogP contribution in [0.1, 0.15) is 63.9 Å². The van der Waals surface area contributed by atoms with Gasteiger partial charge in [0.2, 0.25) is 11.8 Å². The van der Waals surface area contributed by atoms with Gasteiger partial charge >= 0.3 is 5.97 Å². The summed E-state index contributed by atoms with van der Waals surface area (Å²) >= 11 is 0. The van der Waals surface area contributed by atoms with Gasteiger partial charge in [0, 0.05) is 17.8 Å². The molecule has 0 aromatic heterocycles. The molecule has 0 radical (unpaired) electrons. The third-order valence-corrected chi connectivity index (χ3v) is 6.51. The third kappa shape index (κ3) is 7.61. The molecular formula is C27H35N3O4. The van der Waals surface area contributed by atoms with E-state index in [2.05, 4.69) is 28.1 Å². The molecule has 2 amide bonds. The Balaban J connectivity index is 1.38. The van der Waals surface area contributed by atoms with Gasteiger partial charge in [0.25, 0.3) is 0 Å². The Hall–Kier alpha value is -3.35. The lowest BCUT2D eigenvalue weighted by molar-refractivity contribution is -0.146. The van der Waals surface area contributed by atoms with Crippen LogP contribution < -0.4 is 16.0 Å². The smallest absolute Gasteiger partial charge is 0.328 e. The first-order valence-corrected chi connectivity index (χ1v) is 12.0. The van der Waals surface area contributed by atoms with Crippen molar-refractivity contribution in [2.45, 2.75) is 63.8 Å². The lowest BCUT2D eigenvalue weighted by Crippen LogP contribution is -2.49. The number of hydrogen-bond acceptors (Lipinski definition) is 4. The maximum Gasteiger partial charge on any atom is 0.328 e. The number of para-hydroxylation sites is 1. The minimum atomic E-state index is -1.24. The van der Waals surface area contributed by atoms with E-state index >= 15 is 0 Å². The van der Waals surface area contributed by atoms with Crippen molar-refractivity contribution in [2.24, 2.45) is 5.92 Å². The van der Waals surface area contributed by atoms with Gasteiger partial charge in [0.15, 0.2) is 0 Å². The topological polar surface area (TPSA) is 108 Å². The fourth-order valence-electron chi connectivity index (χ4n) is 4.37. The highest BCUT2D eigenvalue weighted by Gasteiger charge is 2.29. The van der Waals surface area contributed by atoms with E-state index in [9.17, 15) is 14.4 Å². The lowest BCUT2D eigenvalue weighted by atomic mass is 9.77. The second-order valence-electron chi connectivity index (χ2n) is 9.62. The van der Waals surface area contributed by atoms with Crippen LogP contribution in [0.15, 0.2) is 54.6 Å². The summed E-state index contributed by atoms with van der Waals surface area (Å²) in [7, 11) is 0. The molecule has 0 saturated heterocycles. The summed E-state index contributed by atoms with van der Waals surface area (Å²) in [6.07, 6.45) is 5.41. The van der Waals surface area contributed by atoms with Crippen molar-refractivity contribution in [3.8, 4) is 0 Å². The van der Waals surface area contributed by atoms with E-state index in [0.717, 1.165) is 43.5 Å². The van der Waals surface area contributed by atoms with Gasteiger partial charge in [-0.3, -0.25) is 9.59 Å².